The summed E-state index contributed by atoms with van der Waals surface area (Å²) in [5.41, 5.74) is 8.09. The lowest BCUT2D eigenvalue weighted by molar-refractivity contribution is -0.117. The molecule has 0 radical (unpaired) electrons. The number of nitrogens with one attached hydrogen (secondary N) is 1. The molecule has 1 aliphatic heterocycles. The monoisotopic (exact) mass is 345 g/mol. The molecule has 0 saturated heterocycles. The molecule has 2 atom stereocenters. The Morgan fingerprint density at radius 3 is 2.75 bits per heavy atom. The molecule has 2 aromatic rings. The number of fused-ring (bicyclic) bond motifs is 1. The highest BCUT2D eigenvalue weighted by Crippen LogP contribution is 2.36. The number of nitrogens with two attached hydrogens (primary N) is 1. The molecule has 3 rings (SSSR count). The lowest BCUT2D eigenvalue weighted by atomic mass is 10.1. The van der Waals surface area contributed by atoms with Gasteiger partial charge in [-0.25, -0.2) is 0 Å². The fraction of sp³-hybridized carbons (Fsp3) is 0.278. The number of rotatable bonds is 3. The molecular formula is C18H20ClN3O2. The van der Waals surface area contributed by atoms with E-state index in [2.05, 4.69) is 5.32 Å². The first-order valence-corrected chi connectivity index (χ1v) is 8.21. The standard InChI is InChI=1S/C18H20ClN3O2/c1-11-10-22(16-9-14(20)5-8-17(16)24-11)12(2)18(23)21-15-6-3-13(19)4-7-15/h3-9,11-12H,10,20H2,1-2H3,(H,21,23). The van der Waals surface area contributed by atoms with Crippen LogP contribution in [0.25, 0.3) is 0 Å². The van der Waals surface area contributed by atoms with Gasteiger partial charge in [-0.1, -0.05) is 11.6 Å². The van der Waals surface area contributed by atoms with E-state index >= 15 is 0 Å². The van der Waals surface area contributed by atoms with Gasteiger partial charge >= 0.3 is 0 Å². The highest BCUT2D eigenvalue weighted by molar-refractivity contribution is 6.30. The summed E-state index contributed by atoms with van der Waals surface area (Å²) in [7, 11) is 0. The Balaban J connectivity index is 1.81. The summed E-state index contributed by atoms with van der Waals surface area (Å²) >= 11 is 5.87. The number of hydrogen-bond acceptors (Lipinski definition) is 4. The number of halogens is 1. The fourth-order valence-corrected chi connectivity index (χ4v) is 2.90. The smallest absolute Gasteiger partial charge is 0.246 e. The predicted molar refractivity (Wildman–Crippen MR) is 97.8 cm³/mol. The van der Waals surface area contributed by atoms with Gasteiger partial charge in [0.2, 0.25) is 5.91 Å². The Morgan fingerprint density at radius 1 is 1.33 bits per heavy atom. The molecule has 5 nitrogen and oxygen atoms in total. The van der Waals surface area contributed by atoms with E-state index in [9.17, 15) is 4.79 Å². The van der Waals surface area contributed by atoms with E-state index in [1.54, 1.807) is 30.3 Å². The van der Waals surface area contributed by atoms with Crippen LogP contribution in [0.1, 0.15) is 13.8 Å². The van der Waals surface area contributed by atoms with Gasteiger partial charge in [0, 0.05) is 16.4 Å². The van der Waals surface area contributed by atoms with Gasteiger partial charge in [0.1, 0.15) is 17.9 Å². The summed E-state index contributed by atoms with van der Waals surface area (Å²) in [5.74, 6) is 0.647. The van der Waals surface area contributed by atoms with E-state index in [-0.39, 0.29) is 18.1 Å². The van der Waals surface area contributed by atoms with Crippen molar-refractivity contribution in [2.24, 2.45) is 0 Å². The number of benzene rings is 2. The summed E-state index contributed by atoms with van der Waals surface area (Å²) in [4.78, 5) is 14.7. The molecule has 6 heteroatoms. The lowest BCUT2D eigenvalue weighted by Crippen LogP contribution is -2.48. The molecule has 0 aliphatic carbocycles. The Hall–Kier alpha value is -2.40. The highest BCUT2D eigenvalue weighted by Gasteiger charge is 2.30. The first-order chi connectivity index (χ1) is 11.4. The minimum Gasteiger partial charge on any atom is -0.487 e. The number of nitrogens with zero attached hydrogens (tertiary/aromatic N) is 1. The third-order valence-electron chi connectivity index (χ3n) is 4.03. The Kier molecular flexibility index (Phi) is 4.53. The van der Waals surface area contributed by atoms with E-state index in [1.165, 1.54) is 0 Å². The highest BCUT2D eigenvalue weighted by atomic mass is 35.5. The van der Waals surface area contributed by atoms with Crippen molar-refractivity contribution in [3.05, 3.63) is 47.5 Å². The second-order valence-electron chi connectivity index (χ2n) is 5.98. The minimum atomic E-state index is -0.368. The van der Waals surface area contributed by atoms with Crippen LogP contribution in [0.4, 0.5) is 17.1 Å². The van der Waals surface area contributed by atoms with Gasteiger partial charge in [-0.05, 0) is 56.3 Å². The van der Waals surface area contributed by atoms with Gasteiger partial charge in [-0.15, -0.1) is 0 Å². The Bertz CT molecular complexity index is 748. The number of nitrogen functional groups attached to an aromatic ring is 1. The van der Waals surface area contributed by atoms with Crippen LogP contribution in [0, 0.1) is 0 Å². The van der Waals surface area contributed by atoms with Gasteiger partial charge in [-0.2, -0.15) is 0 Å². The van der Waals surface area contributed by atoms with E-state index in [0.717, 1.165) is 11.4 Å². The summed E-state index contributed by atoms with van der Waals surface area (Å²) in [6, 6.07) is 12.2. The average Bonchev–Trinajstić information content (AvgIpc) is 2.56. The summed E-state index contributed by atoms with van der Waals surface area (Å²) < 4.78 is 5.83. The molecule has 2 aromatic carbocycles. The van der Waals surface area contributed by atoms with Crippen LogP contribution in [0.5, 0.6) is 5.75 Å². The number of anilines is 3. The molecular weight excluding hydrogens is 326 g/mol. The third-order valence-corrected chi connectivity index (χ3v) is 4.29. The third kappa shape index (κ3) is 3.41. The molecule has 0 saturated carbocycles. The van der Waals surface area contributed by atoms with Gasteiger partial charge in [-0.3, -0.25) is 4.79 Å². The fourth-order valence-electron chi connectivity index (χ4n) is 2.78. The second-order valence-corrected chi connectivity index (χ2v) is 6.42. The molecule has 0 bridgehead atoms. The van der Waals surface area contributed by atoms with Crippen LogP contribution in [0.15, 0.2) is 42.5 Å². The van der Waals surface area contributed by atoms with Gasteiger partial charge in [0.15, 0.2) is 0 Å². The van der Waals surface area contributed by atoms with Crippen LogP contribution in [0.2, 0.25) is 5.02 Å². The number of hydrogen-bond donors (Lipinski definition) is 2. The van der Waals surface area contributed by atoms with Crippen molar-refractivity contribution < 1.29 is 9.53 Å². The maximum atomic E-state index is 12.6. The molecule has 1 amide bonds. The maximum absolute atomic E-state index is 12.6. The van der Waals surface area contributed by atoms with Gasteiger partial charge < -0.3 is 20.7 Å². The molecule has 2 unspecified atom stereocenters. The number of carbonyl (C=O) groups excluding carboxylic acids is 1. The van der Waals surface area contributed by atoms with E-state index in [4.69, 9.17) is 22.1 Å². The van der Waals surface area contributed by atoms with Crippen LogP contribution < -0.4 is 20.7 Å². The quantitative estimate of drug-likeness (QED) is 0.835. The average molecular weight is 346 g/mol. The van der Waals surface area contributed by atoms with E-state index in [1.807, 2.05) is 30.9 Å². The maximum Gasteiger partial charge on any atom is 0.246 e. The topological polar surface area (TPSA) is 67.6 Å². The van der Waals surface area contributed by atoms with Crippen LogP contribution in [0.3, 0.4) is 0 Å². The van der Waals surface area contributed by atoms with Crippen molar-refractivity contribution in [3.8, 4) is 5.75 Å². The molecule has 1 aliphatic rings. The molecule has 0 aromatic heterocycles. The van der Waals surface area contributed by atoms with E-state index in [0.29, 0.717) is 22.9 Å². The first-order valence-electron chi connectivity index (χ1n) is 7.83. The first kappa shape index (κ1) is 16.5. The number of carbonyl (C=O) groups is 1. The summed E-state index contributed by atoms with van der Waals surface area (Å²) in [6.07, 6.45) is -0.00749. The van der Waals surface area contributed by atoms with Gasteiger partial charge in [0.25, 0.3) is 0 Å². The molecule has 24 heavy (non-hydrogen) atoms. The molecule has 3 N–H and O–H groups in total. The molecule has 0 spiro atoms. The zero-order valence-electron chi connectivity index (χ0n) is 13.6. The number of ether oxygens (including phenoxy) is 1. The molecule has 0 fully saturated rings. The van der Waals surface area contributed by atoms with Crippen molar-refractivity contribution in [1.82, 2.24) is 0 Å². The van der Waals surface area contributed by atoms with Crippen molar-refractivity contribution in [2.75, 3.05) is 22.5 Å². The van der Waals surface area contributed by atoms with Crippen molar-refractivity contribution in [1.29, 1.82) is 0 Å². The second kappa shape index (κ2) is 6.61. The summed E-state index contributed by atoms with van der Waals surface area (Å²) in [5, 5.41) is 3.55. The zero-order chi connectivity index (χ0) is 17.3. The number of amides is 1. The Morgan fingerprint density at radius 2 is 2.04 bits per heavy atom. The van der Waals surface area contributed by atoms with Crippen molar-refractivity contribution in [2.45, 2.75) is 26.0 Å². The predicted octanol–water partition coefficient (Wildman–Crippen LogP) is 3.54. The SMILES string of the molecule is CC1CN(C(C)C(=O)Nc2ccc(Cl)cc2)c2cc(N)ccc2O1. The summed E-state index contributed by atoms with van der Waals surface area (Å²) in [6.45, 7) is 4.47. The van der Waals surface area contributed by atoms with Crippen LogP contribution in [-0.2, 0) is 4.79 Å². The Labute approximate surface area is 146 Å². The lowest BCUT2D eigenvalue weighted by Gasteiger charge is -2.38. The van der Waals surface area contributed by atoms with Crippen LogP contribution in [-0.4, -0.2) is 24.6 Å². The largest absolute Gasteiger partial charge is 0.487 e. The van der Waals surface area contributed by atoms with Crippen molar-refractivity contribution >= 4 is 34.6 Å². The van der Waals surface area contributed by atoms with Gasteiger partial charge in [0.05, 0.1) is 12.2 Å². The molecule has 126 valence electrons. The van der Waals surface area contributed by atoms with Crippen LogP contribution >= 0.6 is 11.6 Å². The normalized spacial score (nSPS) is 17.6. The minimum absolute atomic E-state index is 0.00749. The van der Waals surface area contributed by atoms with Crippen molar-refractivity contribution in [3.63, 3.8) is 0 Å². The van der Waals surface area contributed by atoms with E-state index < -0.39 is 0 Å². The zero-order valence-corrected chi connectivity index (χ0v) is 14.4. The molecule has 1 heterocycles.